The summed E-state index contributed by atoms with van der Waals surface area (Å²) in [5.74, 6) is 0.898. The number of nitriles is 1. The fourth-order valence-electron chi connectivity index (χ4n) is 4.77. The third-order valence-corrected chi connectivity index (χ3v) is 6.55. The Bertz CT molecular complexity index is 1490. The highest BCUT2D eigenvalue weighted by atomic mass is 19.1. The maximum absolute atomic E-state index is 15.0. The molecule has 4 heterocycles. The van der Waals surface area contributed by atoms with Crippen molar-refractivity contribution in [1.29, 1.82) is 5.26 Å². The summed E-state index contributed by atoms with van der Waals surface area (Å²) in [6.45, 7) is 7.62. The van der Waals surface area contributed by atoms with Gasteiger partial charge >= 0.3 is 0 Å². The van der Waals surface area contributed by atoms with Crippen LogP contribution in [0.2, 0.25) is 0 Å². The first-order chi connectivity index (χ1) is 17.4. The van der Waals surface area contributed by atoms with Gasteiger partial charge in [-0.2, -0.15) is 5.26 Å². The van der Waals surface area contributed by atoms with E-state index in [1.165, 1.54) is 12.4 Å². The van der Waals surface area contributed by atoms with Gasteiger partial charge in [-0.25, -0.2) is 19.3 Å². The summed E-state index contributed by atoms with van der Waals surface area (Å²) >= 11 is 0. The highest BCUT2D eigenvalue weighted by molar-refractivity contribution is 6.02. The summed E-state index contributed by atoms with van der Waals surface area (Å²) in [6, 6.07) is 12.0. The van der Waals surface area contributed by atoms with Gasteiger partial charge in [-0.3, -0.25) is 9.36 Å². The lowest BCUT2D eigenvalue weighted by molar-refractivity contribution is -0.136. The molecule has 3 aromatic heterocycles. The molecular formula is C27H26FN7O. The molecule has 9 heteroatoms. The number of rotatable bonds is 4. The molecule has 1 saturated heterocycles. The Morgan fingerprint density at radius 1 is 1.14 bits per heavy atom. The highest BCUT2D eigenvalue weighted by Gasteiger charge is 2.31. The smallest absolute Gasteiger partial charge is 0.225 e. The van der Waals surface area contributed by atoms with Crippen molar-refractivity contribution in [2.24, 2.45) is 5.92 Å². The number of piperazine rings is 1. The van der Waals surface area contributed by atoms with E-state index in [-0.39, 0.29) is 23.7 Å². The molecule has 4 aromatic rings. The molecule has 1 fully saturated rings. The van der Waals surface area contributed by atoms with Crippen molar-refractivity contribution >= 4 is 22.8 Å². The second-order valence-electron chi connectivity index (χ2n) is 9.28. The average Bonchev–Trinajstić information content (AvgIpc) is 3.28. The number of carbonyl (C=O) groups excluding carboxylic acids is 1. The molecular weight excluding hydrogens is 457 g/mol. The monoisotopic (exact) mass is 483 g/mol. The molecule has 0 aliphatic carbocycles. The van der Waals surface area contributed by atoms with Crippen LogP contribution in [0.25, 0.3) is 28.0 Å². The van der Waals surface area contributed by atoms with E-state index >= 15 is 4.39 Å². The molecule has 0 saturated carbocycles. The van der Waals surface area contributed by atoms with Crippen LogP contribution in [0.4, 0.5) is 10.2 Å². The van der Waals surface area contributed by atoms with E-state index in [1.807, 2.05) is 25.7 Å². The van der Waals surface area contributed by atoms with Gasteiger partial charge < -0.3 is 9.80 Å². The minimum absolute atomic E-state index is 0.00774. The second kappa shape index (κ2) is 9.38. The van der Waals surface area contributed by atoms with E-state index in [4.69, 9.17) is 0 Å². The largest absolute Gasteiger partial charge is 0.352 e. The molecule has 0 bridgehead atoms. The van der Waals surface area contributed by atoms with Crippen molar-refractivity contribution in [3.8, 4) is 23.0 Å². The van der Waals surface area contributed by atoms with Crippen LogP contribution in [0.3, 0.4) is 0 Å². The number of carbonyl (C=O) groups is 1. The molecule has 0 unspecified atom stereocenters. The molecule has 0 N–H and O–H groups in total. The van der Waals surface area contributed by atoms with E-state index in [1.54, 1.807) is 47.3 Å². The summed E-state index contributed by atoms with van der Waals surface area (Å²) in [5, 5.41) is 10.1. The molecule has 36 heavy (non-hydrogen) atoms. The molecule has 1 atom stereocenters. The number of halogens is 1. The lowest BCUT2D eigenvalue weighted by Crippen LogP contribution is -2.55. The zero-order chi connectivity index (χ0) is 25.4. The topological polar surface area (TPSA) is 90.9 Å². The normalized spacial score (nSPS) is 15.9. The third-order valence-electron chi connectivity index (χ3n) is 6.55. The van der Waals surface area contributed by atoms with E-state index in [9.17, 15) is 10.1 Å². The minimum atomic E-state index is -0.356. The van der Waals surface area contributed by atoms with Crippen LogP contribution in [0.15, 0.2) is 55.1 Å². The predicted octanol–water partition coefficient (Wildman–Crippen LogP) is 4.19. The van der Waals surface area contributed by atoms with Crippen LogP contribution in [-0.2, 0) is 4.79 Å². The molecule has 1 aliphatic rings. The average molecular weight is 484 g/mol. The Labute approximate surface area is 208 Å². The molecule has 182 valence electrons. The molecule has 8 nitrogen and oxygen atoms in total. The lowest BCUT2D eigenvalue weighted by Gasteiger charge is -2.41. The maximum atomic E-state index is 15.0. The number of hydrogen-bond acceptors (Lipinski definition) is 6. The zero-order valence-corrected chi connectivity index (χ0v) is 20.4. The molecule has 1 amide bonds. The van der Waals surface area contributed by atoms with Gasteiger partial charge in [0.2, 0.25) is 5.91 Å². The predicted molar refractivity (Wildman–Crippen MR) is 135 cm³/mol. The van der Waals surface area contributed by atoms with Gasteiger partial charge in [-0.15, -0.1) is 0 Å². The van der Waals surface area contributed by atoms with Crippen LogP contribution in [0.5, 0.6) is 0 Å². The number of amides is 1. The zero-order valence-electron chi connectivity index (χ0n) is 20.4. The van der Waals surface area contributed by atoms with Crippen molar-refractivity contribution in [3.63, 3.8) is 0 Å². The van der Waals surface area contributed by atoms with Gasteiger partial charge in [0.05, 0.1) is 17.0 Å². The number of hydrogen-bond donors (Lipinski definition) is 0. The fourth-order valence-corrected chi connectivity index (χ4v) is 4.77. The van der Waals surface area contributed by atoms with E-state index in [2.05, 4.69) is 25.9 Å². The first-order valence-electron chi connectivity index (χ1n) is 11.9. The van der Waals surface area contributed by atoms with Crippen LogP contribution < -0.4 is 4.90 Å². The standard InChI is InChI=1S/C27H26FN7O/c1-17(2)27(36)34-11-10-33(14-18(34)3)25-24-21(20-6-4-5-7-22(20)28)15-35(26(24)32-16-31-25)23-12-19(13-29)8-9-30-23/h4-9,12,15-18H,10-11,14H2,1-3H3/t18-/m1/s1. The van der Waals surface area contributed by atoms with Crippen molar-refractivity contribution in [1.82, 2.24) is 24.4 Å². The summed E-state index contributed by atoms with van der Waals surface area (Å²) in [5.41, 5.74) is 2.09. The fraction of sp³-hybridized carbons (Fsp3) is 0.296. The Balaban J connectivity index is 1.67. The molecule has 1 aliphatic heterocycles. The Morgan fingerprint density at radius 2 is 1.94 bits per heavy atom. The summed E-state index contributed by atoms with van der Waals surface area (Å²) in [6.07, 6.45) is 4.85. The maximum Gasteiger partial charge on any atom is 0.225 e. The number of benzene rings is 1. The van der Waals surface area contributed by atoms with Gasteiger partial charge in [0.1, 0.15) is 23.8 Å². The number of aromatic nitrogens is 4. The quantitative estimate of drug-likeness (QED) is 0.432. The summed E-state index contributed by atoms with van der Waals surface area (Å²) in [4.78, 5) is 30.3. The second-order valence-corrected chi connectivity index (χ2v) is 9.28. The third kappa shape index (κ3) is 4.05. The Kier molecular flexibility index (Phi) is 6.10. The SMILES string of the molecule is CC(C)C(=O)N1CCN(c2ncnc3c2c(-c2ccccc2F)cn3-c2cc(C#N)ccn2)C[C@H]1C. The van der Waals surface area contributed by atoms with Gasteiger partial charge in [0, 0.05) is 55.1 Å². The van der Waals surface area contributed by atoms with Crippen LogP contribution in [0.1, 0.15) is 26.3 Å². The van der Waals surface area contributed by atoms with Gasteiger partial charge in [0.15, 0.2) is 5.65 Å². The first-order valence-corrected chi connectivity index (χ1v) is 11.9. The van der Waals surface area contributed by atoms with Crippen LogP contribution in [0, 0.1) is 23.1 Å². The molecule has 1 aromatic carbocycles. The highest BCUT2D eigenvalue weighted by Crippen LogP contribution is 2.38. The van der Waals surface area contributed by atoms with Gasteiger partial charge in [-0.1, -0.05) is 32.0 Å². The molecule has 0 radical (unpaired) electrons. The first kappa shape index (κ1) is 23.4. The van der Waals surface area contributed by atoms with Crippen molar-refractivity contribution < 1.29 is 9.18 Å². The van der Waals surface area contributed by atoms with Gasteiger partial charge in [0.25, 0.3) is 0 Å². The van der Waals surface area contributed by atoms with Crippen LogP contribution in [-0.4, -0.2) is 56.0 Å². The van der Waals surface area contributed by atoms with E-state index in [0.29, 0.717) is 59.0 Å². The van der Waals surface area contributed by atoms with Crippen molar-refractivity contribution in [2.45, 2.75) is 26.8 Å². The van der Waals surface area contributed by atoms with Gasteiger partial charge in [-0.05, 0) is 25.1 Å². The Hall–Kier alpha value is -4.32. The number of pyridine rings is 1. The number of nitrogens with zero attached hydrogens (tertiary/aromatic N) is 7. The van der Waals surface area contributed by atoms with Crippen molar-refractivity contribution in [3.05, 3.63) is 66.5 Å². The number of fused-ring (bicyclic) bond motifs is 1. The molecule has 5 rings (SSSR count). The Morgan fingerprint density at radius 3 is 2.67 bits per heavy atom. The van der Waals surface area contributed by atoms with Crippen molar-refractivity contribution in [2.75, 3.05) is 24.5 Å². The molecule has 0 spiro atoms. The van der Waals surface area contributed by atoms with Crippen LogP contribution >= 0.6 is 0 Å². The summed E-state index contributed by atoms with van der Waals surface area (Å²) < 4.78 is 16.8. The van der Waals surface area contributed by atoms with E-state index in [0.717, 1.165) is 0 Å². The number of anilines is 1. The minimum Gasteiger partial charge on any atom is -0.352 e. The van der Waals surface area contributed by atoms with E-state index < -0.39 is 0 Å². The lowest BCUT2D eigenvalue weighted by atomic mass is 10.0. The summed E-state index contributed by atoms with van der Waals surface area (Å²) in [7, 11) is 0.